The second kappa shape index (κ2) is 7.76. The average molecular weight is 411 g/mol. The molecule has 0 fully saturated rings. The second-order valence-electron chi connectivity index (χ2n) is 7.67. The van der Waals surface area contributed by atoms with Crippen LogP contribution in [-0.2, 0) is 21.2 Å². The van der Waals surface area contributed by atoms with Crippen LogP contribution in [0, 0.1) is 0 Å². The fourth-order valence-electron chi connectivity index (χ4n) is 4.25. The molecule has 5 nitrogen and oxygen atoms in total. The van der Waals surface area contributed by atoms with E-state index in [2.05, 4.69) is 12.1 Å². The summed E-state index contributed by atoms with van der Waals surface area (Å²) in [7, 11) is -3.56. The van der Waals surface area contributed by atoms with Gasteiger partial charge in [-0.2, -0.15) is 4.31 Å². The van der Waals surface area contributed by atoms with E-state index in [0.29, 0.717) is 37.2 Å². The van der Waals surface area contributed by atoms with Crippen molar-refractivity contribution in [2.75, 3.05) is 18.0 Å². The van der Waals surface area contributed by atoms with Gasteiger partial charge in [-0.05, 0) is 54.7 Å². The van der Waals surface area contributed by atoms with Crippen LogP contribution < -0.4 is 4.90 Å². The predicted octanol–water partition coefficient (Wildman–Crippen LogP) is 3.85. The third-order valence-electron chi connectivity index (χ3n) is 5.79. The van der Waals surface area contributed by atoms with E-state index >= 15 is 0 Å². The molecule has 0 saturated heterocycles. The van der Waals surface area contributed by atoms with Crippen LogP contribution >= 0.6 is 0 Å². The van der Waals surface area contributed by atoms with Crippen LogP contribution in [0.5, 0.6) is 0 Å². The first-order valence-corrected chi connectivity index (χ1v) is 11.6. The lowest BCUT2D eigenvalue weighted by Gasteiger charge is -2.26. The molecule has 6 heteroatoms. The number of anilines is 1. The molecule has 0 bridgehead atoms. The summed E-state index contributed by atoms with van der Waals surface area (Å²) in [5, 5.41) is 0. The molecule has 2 heterocycles. The number of fused-ring (bicyclic) bond motifs is 1. The van der Waals surface area contributed by atoms with E-state index in [0.717, 1.165) is 16.8 Å². The maximum absolute atomic E-state index is 13.2. The van der Waals surface area contributed by atoms with Crippen LogP contribution in [0.1, 0.15) is 37.8 Å². The number of hydrogen-bond acceptors (Lipinski definition) is 3. The Labute approximate surface area is 172 Å². The monoisotopic (exact) mass is 410 g/mol. The normalized spacial score (nSPS) is 19.7. The summed E-state index contributed by atoms with van der Waals surface area (Å²) in [5.41, 5.74) is 4.11. The zero-order valence-electron chi connectivity index (χ0n) is 16.8. The highest BCUT2D eigenvalue weighted by Crippen LogP contribution is 2.35. The van der Waals surface area contributed by atoms with Crippen molar-refractivity contribution in [1.82, 2.24) is 4.31 Å². The first kappa shape index (κ1) is 19.9. The molecular formula is C23H26N2O3S. The Morgan fingerprint density at radius 3 is 2.55 bits per heavy atom. The third kappa shape index (κ3) is 3.63. The number of amides is 1. The van der Waals surface area contributed by atoms with Crippen LogP contribution in [0.2, 0.25) is 0 Å². The summed E-state index contributed by atoms with van der Waals surface area (Å²) in [6.07, 6.45) is 3.83. The quantitative estimate of drug-likeness (QED) is 0.769. The zero-order valence-corrected chi connectivity index (χ0v) is 17.7. The highest BCUT2D eigenvalue weighted by atomic mass is 32.2. The molecule has 0 radical (unpaired) electrons. The number of hydrogen-bond donors (Lipinski definition) is 0. The zero-order chi connectivity index (χ0) is 20.6. The fraction of sp³-hybridized carbons (Fsp3) is 0.348. The van der Waals surface area contributed by atoms with Crippen molar-refractivity contribution in [1.29, 1.82) is 0 Å². The minimum atomic E-state index is -3.56. The van der Waals surface area contributed by atoms with E-state index in [9.17, 15) is 13.2 Å². The van der Waals surface area contributed by atoms with Crippen molar-refractivity contribution in [3.05, 3.63) is 65.7 Å². The summed E-state index contributed by atoms with van der Waals surface area (Å²) < 4.78 is 27.9. The van der Waals surface area contributed by atoms with Gasteiger partial charge in [-0.1, -0.05) is 43.3 Å². The maximum atomic E-state index is 13.2. The van der Waals surface area contributed by atoms with Gasteiger partial charge in [-0.3, -0.25) is 4.79 Å². The number of carbonyl (C=O) groups is 1. The minimum absolute atomic E-state index is 0.0572. The molecule has 1 amide bonds. The van der Waals surface area contributed by atoms with E-state index in [1.54, 1.807) is 23.1 Å². The van der Waals surface area contributed by atoms with Gasteiger partial charge >= 0.3 is 0 Å². The molecule has 0 N–H and O–H groups in total. The van der Waals surface area contributed by atoms with Crippen molar-refractivity contribution in [2.45, 2.75) is 44.0 Å². The summed E-state index contributed by atoms with van der Waals surface area (Å²) >= 11 is 0. The van der Waals surface area contributed by atoms with Gasteiger partial charge in [0.1, 0.15) is 0 Å². The van der Waals surface area contributed by atoms with Crippen LogP contribution in [0.4, 0.5) is 5.69 Å². The molecule has 0 aromatic heterocycles. The molecule has 0 saturated carbocycles. The molecule has 0 spiro atoms. The Balaban J connectivity index is 1.57. The molecular weight excluding hydrogens is 384 g/mol. The molecule has 0 aliphatic carbocycles. The lowest BCUT2D eigenvalue weighted by Crippen LogP contribution is -2.35. The van der Waals surface area contributed by atoms with Crippen molar-refractivity contribution in [3.63, 3.8) is 0 Å². The van der Waals surface area contributed by atoms with Crippen LogP contribution in [0.15, 0.2) is 59.5 Å². The number of rotatable bonds is 4. The largest absolute Gasteiger partial charge is 0.309 e. The molecule has 4 rings (SSSR count). The van der Waals surface area contributed by atoms with E-state index < -0.39 is 10.0 Å². The maximum Gasteiger partial charge on any atom is 0.243 e. The number of sulfonamides is 1. The summed E-state index contributed by atoms with van der Waals surface area (Å²) in [5.74, 6) is 0.0708. The van der Waals surface area contributed by atoms with Crippen molar-refractivity contribution < 1.29 is 13.2 Å². The minimum Gasteiger partial charge on any atom is -0.309 e. The van der Waals surface area contributed by atoms with Gasteiger partial charge in [0.15, 0.2) is 0 Å². The molecule has 2 aromatic rings. The first-order valence-electron chi connectivity index (χ1n) is 10.1. The number of nitrogens with zero attached hydrogens (tertiary/aromatic N) is 2. The SMILES string of the molecule is CCC(=O)N1c2ccc(S(=O)(=O)N3CC=C(c4ccccc4)CC3)cc2C[C@H]1C. The Morgan fingerprint density at radius 1 is 1.14 bits per heavy atom. The lowest BCUT2D eigenvalue weighted by atomic mass is 10.0. The first-order chi connectivity index (χ1) is 13.9. The van der Waals surface area contributed by atoms with Gasteiger partial charge in [0.2, 0.25) is 15.9 Å². The molecule has 2 aliphatic rings. The van der Waals surface area contributed by atoms with Gasteiger partial charge in [0.25, 0.3) is 0 Å². The molecule has 2 aliphatic heterocycles. The second-order valence-corrected chi connectivity index (χ2v) is 9.61. The molecule has 1 atom stereocenters. The smallest absolute Gasteiger partial charge is 0.243 e. The van der Waals surface area contributed by atoms with Crippen molar-refractivity contribution >= 4 is 27.2 Å². The lowest BCUT2D eigenvalue weighted by molar-refractivity contribution is -0.118. The van der Waals surface area contributed by atoms with E-state index in [1.165, 1.54) is 9.88 Å². The van der Waals surface area contributed by atoms with Gasteiger partial charge in [-0.25, -0.2) is 8.42 Å². The Hall–Kier alpha value is -2.44. The fourth-order valence-corrected chi connectivity index (χ4v) is 5.68. The Bertz CT molecular complexity index is 1060. The summed E-state index contributed by atoms with van der Waals surface area (Å²) in [6, 6.07) is 15.3. The van der Waals surface area contributed by atoms with Gasteiger partial charge < -0.3 is 4.90 Å². The highest BCUT2D eigenvalue weighted by Gasteiger charge is 2.33. The highest BCUT2D eigenvalue weighted by molar-refractivity contribution is 7.89. The topological polar surface area (TPSA) is 57.7 Å². The third-order valence-corrected chi connectivity index (χ3v) is 7.65. The van der Waals surface area contributed by atoms with Crippen LogP contribution in [-0.4, -0.2) is 37.8 Å². The predicted molar refractivity (Wildman–Crippen MR) is 115 cm³/mol. The standard InChI is InChI=1S/C23H26N2O3S/c1-3-23(26)25-17(2)15-20-16-21(9-10-22(20)25)29(27,28)24-13-11-19(12-14-24)18-7-5-4-6-8-18/h4-11,16-17H,3,12-15H2,1-2H3/t17-/m1/s1. The molecule has 2 aromatic carbocycles. The number of benzene rings is 2. The van der Waals surface area contributed by atoms with E-state index in [4.69, 9.17) is 0 Å². The molecule has 152 valence electrons. The van der Waals surface area contributed by atoms with E-state index in [-0.39, 0.29) is 11.9 Å². The molecule has 29 heavy (non-hydrogen) atoms. The van der Waals surface area contributed by atoms with Gasteiger partial charge in [0.05, 0.1) is 4.90 Å². The number of carbonyl (C=O) groups excluding carboxylic acids is 1. The van der Waals surface area contributed by atoms with Crippen molar-refractivity contribution in [3.8, 4) is 0 Å². The Kier molecular flexibility index (Phi) is 5.32. The summed E-state index contributed by atoms with van der Waals surface area (Å²) in [6.45, 7) is 4.69. The molecule has 0 unspecified atom stereocenters. The summed E-state index contributed by atoms with van der Waals surface area (Å²) in [4.78, 5) is 14.4. The van der Waals surface area contributed by atoms with E-state index in [1.807, 2.05) is 38.1 Å². The van der Waals surface area contributed by atoms with Crippen LogP contribution in [0.3, 0.4) is 0 Å². The van der Waals surface area contributed by atoms with Gasteiger partial charge in [0, 0.05) is 31.2 Å². The van der Waals surface area contributed by atoms with Gasteiger partial charge in [-0.15, -0.1) is 0 Å². The Morgan fingerprint density at radius 2 is 1.90 bits per heavy atom. The average Bonchev–Trinajstić information content (AvgIpc) is 3.08. The van der Waals surface area contributed by atoms with Crippen molar-refractivity contribution in [2.24, 2.45) is 0 Å². The van der Waals surface area contributed by atoms with Crippen LogP contribution in [0.25, 0.3) is 5.57 Å².